The predicted molar refractivity (Wildman–Crippen MR) is 105 cm³/mol. The molecule has 26 heavy (non-hydrogen) atoms. The first kappa shape index (κ1) is 20.4. The Morgan fingerprint density at radius 1 is 1.04 bits per heavy atom. The molecule has 1 fully saturated rings. The van der Waals surface area contributed by atoms with Crippen molar-refractivity contribution in [3.63, 3.8) is 0 Å². The number of nitrogens with one attached hydrogen (secondary N) is 2. The minimum atomic E-state index is -0.600. The second-order valence-corrected chi connectivity index (χ2v) is 8.95. The monoisotopic (exact) mass is 360 g/mol. The molecule has 0 atom stereocenters. The van der Waals surface area contributed by atoms with Crippen molar-refractivity contribution in [3.8, 4) is 0 Å². The molecular weight excluding hydrogens is 326 g/mol. The highest BCUT2D eigenvalue weighted by Crippen LogP contribution is 2.21. The molecule has 1 aliphatic rings. The van der Waals surface area contributed by atoms with Crippen molar-refractivity contribution in [2.24, 2.45) is 0 Å². The van der Waals surface area contributed by atoms with Gasteiger partial charge in [-0.05, 0) is 58.2 Å². The van der Waals surface area contributed by atoms with Gasteiger partial charge in [0.25, 0.3) is 0 Å². The normalized spacial score (nSPS) is 19.0. The van der Waals surface area contributed by atoms with Crippen LogP contribution in [-0.2, 0) is 16.0 Å². The van der Waals surface area contributed by atoms with Crippen LogP contribution in [0, 0.1) is 0 Å². The Morgan fingerprint density at radius 3 is 2.15 bits per heavy atom. The summed E-state index contributed by atoms with van der Waals surface area (Å²) in [6, 6.07) is 7.74. The zero-order chi connectivity index (χ0) is 19.4. The highest BCUT2D eigenvalue weighted by Gasteiger charge is 2.42. The molecule has 1 aromatic carbocycles. The number of unbranched alkanes of at least 4 members (excludes halogenated alkanes) is 1. The lowest BCUT2D eigenvalue weighted by molar-refractivity contribution is -0.787. The number of piperidine rings is 1. The molecular formula is C21H34N3O2+. The van der Waals surface area contributed by atoms with E-state index in [0.29, 0.717) is 5.69 Å². The van der Waals surface area contributed by atoms with Crippen LogP contribution in [-0.4, -0.2) is 28.9 Å². The van der Waals surface area contributed by atoms with E-state index in [1.54, 1.807) is 0 Å². The van der Waals surface area contributed by atoms with Gasteiger partial charge in [0.05, 0.1) is 11.1 Å². The number of aryl methyl sites for hydroxylation is 1. The Hall–Kier alpha value is -1.88. The maximum absolute atomic E-state index is 12.3. The highest BCUT2D eigenvalue weighted by molar-refractivity contribution is 6.39. The van der Waals surface area contributed by atoms with Crippen molar-refractivity contribution < 1.29 is 14.9 Å². The molecule has 144 valence electrons. The smallest absolute Gasteiger partial charge is 0.313 e. The zero-order valence-electron chi connectivity index (χ0n) is 16.8. The van der Waals surface area contributed by atoms with Crippen molar-refractivity contribution in [1.82, 2.24) is 5.32 Å². The van der Waals surface area contributed by atoms with E-state index in [4.69, 9.17) is 0 Å². The first-order chi connectivity index (χ1) is 12.1. The largest absolute Gasteiger partial charge is 0.345 e. The molecule has 2 rings (SSSR count). The molecule has 0 saturated carbocycles. The van der Waals surface area contributed by atoms with Crippen LogP contribution < -0.4 is 16.0 Å². The number of anilines is 1. The van der Waals surface area contributed by atoms with Crippen molar-refractivity contribution >= 4 is 17.5 Å². The second kappa shape index (κ2) is 8.21. The molecule has 0 radical (unpaired) electrons. The minimum absolute atomic E-state index is 0.0136. The van der Waals surface area contributed by atoms with Gasteiger partial charge in [0.15, 0.2) is 0 Å². The van der Waals surface area contributed by atoms with Crippen LogP contribution in [0.2, 0.25) is 0 Å². The van der Waals surface area contributed by atoms with E-state index in [9.17, 15) is 9.59 Å². The van der Waals surface area contributed by atoms with Crippen molar-refractivity contribution in [1.29, 1.82) is 0 Å². The molecule has 0 aromatic heterocycles. The van der Waals surface area contributed by atoms with E-state index in [1.807, 2.05) is 24.3 Å². The quantitative estimate of drug-likeness (QED) is 0.705. The van der Waals surface area contributed by atoms with E-state index in [1.165, 1.54) is 5.56 Å². The Morgan fingerprint density at radius 2 is 1.62 bits per heavy atom. The number of carbonyl (C=O) groups is 2. The van der Waals surface area contributed by atoms with Crippen LogP contribution in [0.4, 0.5) is 5.69 Å². The summed E-state index contributed by atoms with van der Waals surface area (Å²) in [5, 5.41) is 7.97. The van der Waals surface area contributed by atoms with Gasteiger partial charge in [0.2, 0.25) is 0 Å². The lowest BCUT2D eigenvalue weighted by Gasteiger charge is -2.43. The Labute approximate surface area is 157 Å². The zero-order valence-corrected chi connectivity index (χ0v) is 16.8. The minimum Gasteiger partial charge on any atom is -0.345 e. The third-order valence-electron chi connectivity index (χ3n) is 4.90. The van der Waals surface area contributed by atoms with Crippen molar-refractivity contribution in [2.45, 2.75) is 83.8 Å². The fourth-order valence-electron chi connectivity index (χ4n) is 4.19. The number of nitrogens with two attached hydrogens (primary N) is 1. The number of rotatable bonds is 5. The summed E-state index contributed by atoms with van der Waals surface area (Å²) >= 11 is 0. The molecule has 4 N–H and O–H groups in total. The van der Waals surface area contributed by atoms with Gasteiger partial charge in [-0.25, -0.2) is 0 Å². The molecule has 0 bridgehead atoms. The van der Waals surface area contributed by atoms with Crippen LogP contribution in [0.1, 0.15) is 65.9 Å². The number of hydrogen-bond donors (Lipinski definition) is 3. The number of carbonyl (C=O) groups excluding carboxylic acids is 2. The Bertz CT molecular complexity index is 619. The average Bonchev–Trinajstić information content (AvgIpc) is 2.51. The van der Waals surface area contributed by atoms with E-state index in [0.717, 1.165) is 32.1 Å². The van der Waals surface area contributed by atoms with Gasteiger partial charge < -0.3 is 16.0 Å². The van der Waals surface area contributed by atoms with Crippen LogP contribution in [0.5, 0.6) is 0 Å². The molecule has 5 heteroatoms. The second-order valence-electron chi connectivity index (χ2n) is 8.95. The average molecular weight is 361 g/mol. The fourth-order valence-corrected chi connectivity index (χ4v) is 4.19. The maximum atomic E-state index is 12.3. The summed E-state index contributed by atoms with van der Waals surface area (Å²) in [6.07, 6.45) is 5.05. The van der Waals surface area contributed by atoms with Crippen LogP contribution in [0.25, 0.3) is 0 Å². The summed E-state index contributed by atoms with van der Waals surface area (Å²) in [5.41, 5.74) is 2.00. The molecule has 5 nitrogen and oxygen atoms in total. The van der Waals surface area contributed by atoms with Crippen LogP contribution in [0.3, 0.4) is 0 Å². The molecule has 1 heterocycles. The van der Waals surface area contributed by atoms with Gasteiger partial charge in [-0.2, -0.15) is 0 Å². The van der Waals surface area contributed by atoms with E-state index in [2.05, 4.69) is 50.6 Å². The lowest BCUT2D eigenvalue weighted by atomic mass is 9.79. The highest BCUT2D eigenvalue weighted by atomic mass is 16.2. The number of benzene rings is 1. The molecule has 1 saturated heterocycles. The topological polar surface area (TPSA) is 74.8 Å². The Kier molecular flexibility index (Phi) is 6.45. The Balaban J connectivity index is 1.90. The number of quaternary nitrogens is 1. The van der Waals surface area contributed by atoms with Crippen molar-refractivity contribution in [2.75, 3.05) is 5.32 Å². The van der Waals surface area contributed by atoms with Gasteiger partial charge in [0.1, 0.15) is 0 Å². The molecule has 1 aliphatic heterocycles. The summed E-state index contributed by atoms with van der Waals surface area (Å²) in [6.45, 7) is 10.9. The van der Waals surface area contributed by atoms with Crippen LogP contribution in [0.15, 0.2) is 24.3 Å². The third kappa shape index (κ3) is 6.13. The fraction of sp³-hybridized carbons (Fsp3) is 0.619. The van der Waals surface area contributed by atoms with Crippen LogP contribution >= 0.6 is 0 Å². The van der Waals surface area contributed by atoms with Gasteiger partial charge >= 0.3 is 11.8 Å². The molecule has 2 amide bonds. The summed E-state index contributed by atoms with van der Waals surface area (Å²) in [5.74, 6) is -1.16. The lowest BCUT2D eigenvalue weighted by Crippen LogP contribution is -3.06. The van der Waals surface area contributed by atoms with E-state index in [-0.39, 0.29) is 17.1 Å². The van der Waals surface area contributed by atoms with Gasteiger partial charge in [-0.3, -0.25) is 9.59 Å². The van der Waals surface area contributed by atoms with Gasteiger partial charge in [0, 0.05) is 24.6 Å². The van der Waals surface area contributed by atoms with Gasteiger partial charge in [-0.15, -0.1) is 0 Å². The molecule has 0 spiro atoms. The summed E-state index contributed by atoms with van der Waals surface area (Å²) in [4.78, 5) is 24.5. The number of hydrogen-bond acceptors (Lipinski definition) is 2. The molecule has 0 unspecified atom stereocenters. The summed E-state index contributed by atoms with van der Waals surface area (Å²) in [7, 11) is 0. The standard InChI is InChI=1S/C21H33N3O2/c1-6-7-8-15-9-11-16(12-10-15)22-18(25)19(26)23-17-13-20(2,3)24-21(4,5)14-17/h9-12,17,24H,6-8,13-14H2,1-5H3,(H,22,25)(H,23,26)/p+1. The van der Waals surface area contributed by atoms with Gasteiger partial charge in [-0.1, -0.05) is 25.5 Å². The van der Waals surface area contributed by atoms with E-state index < -0.39 is 11.8 Å². The third-order valence-corrected chi connectivity index (χ3v) is 4.90. The first-order valence-corrected chi connectivity index (χ1v) is 9.68. The molecule has 1 aromatic rings. The van der Waals surface area contributed by atoms with E-state index >= 15 is 0 Å². The number of amides is 2. The predicted octanol–water partition coefficient (Wildman–Crippen LogP) is 2.37. The maximum Gasteiger partial charge on any atom is 0.313 e. The first-order valence-electron chi connectivity index (χ1n) is 9.68. The SMILES string of the molecule is CCCCc1ccc(NC(=O)C(=O)NC2CC(C)(C)[NH2+]C(C)(C)C2)cc1. The summed E-state index contributed by atoms with van der Waals surface area (Å²) < 4.78 is 0. The molecule has 0 aliphatic carbocycles. The van der Waals surface area contributed by atoms with Crippen molar-refractivity contribution in [3.05, 3.63) is 29.8 Å².